The van der Waals surface area contributed by atoms with Gasteiger partial charge in [0.05, 0.1) is 6.33 Å². The fraction of sp³-hybridized carbons (Fsp3) is 0.727. The third-order valence-corrected chi connectivity index (χ3v) is 2.02. The lowest BCUT2D eigenvalue weighted by atomic mass is 9.96. The predicted molar refractivity (Wildman–Crippen MR) is 59.1 cm³/mol. The largest absolute Gasteiger partial charge is 0.336 e. The van der Waals surface area contributed by atoms with Crippen LogP contribution in [0.2, 0.25) is 0 Å². The van der Waals surface area contributed by atoms with Crippen LogP contribution >= 0.6 is 0 Å². The van der Waals surface area contributed by atoms with Gasteiger partial charge >= 0.3 is 0 Å². The number of hydrogen-bond acceptors (Lipinski definition) is 2. The van der Waals surface area contributed by atoms with Crippen LogP contribution in [0.4, 0.5) is 0 Å². The SMILES string of the molecule is CC(Cn1ccnc1)NCC(C)(C)C. The molecule has 0 fully saturated rings. The average Bonchev–Trinajstić information content (AvgIpc) is 2.52. The van der Waals surface area contributed by atoms with Crippen molar-refractivity contribution in [2.45, 2.75) is 40.3 Å². The van der Waals surface area contributed by atoms with Crippen molar-refractivity contribution in [1.82, 2.24) is 14.9 Å². The Bertz CT molecular complexity index is 246. The van der Waals surface area contributed by atoms with Crippen LogP contribution in [0.25, 0.3) is 0 Å². The minimum absolute atomic E-state index is 0.350. The van der Waals surface area contributed by atoms with Gasteiger partial charge in [-0.15, -0.1) is 0 Å². The van der Waals surface area contributed by atoms with E-state index in [1.165, 1.54) is 0 Å². The van der Waals surface area contributed by atoms with Crippen LogP contribution in [0.15, 0.2) is 18.7 Å². The van der Waals surface area contributed by atoms with E-state index in [4.69, 9.17) is 0 Å². The molecule has 80 valence electrons. The first-order valence-corrected chi connectivity index (χ1v) is 5.16. The summed E-state index contributed by atoms with van der Waals surface area (Å²) in [5.74, 6) is 0. The zero-order valence-electron chi connectivity index (χ0n) is 9.62. The summed E-state index contributed by atoms with van der Waals surface area (Å²) < 4.78 is 2.10. The topological polar surface area (TPSA) is 29.9 Å². The second-order valence-electron chi connectivity index (χ2n) is 5.10. The van der Waals surface area contributed by atoms with Gasteiger partial charge in [-0.05, 0) is 12.3 Å². The zero-order valence-corrected chi connectivity index (χ0v) is 9.62. The first kappa shape index (κ1) is 11.2. The van der Waals surface area contributed by atoms with Crippen molar-refractivity contribution in [2.75, 3.05) is 6.54 Å². The molecule has 0 aliphatic carbocycles. The van der Waals surface area contributed by atoms with Gasteiger partial charge in [0.2, 0.25) is 0 Å². The Balaban J connectivity index is 2.26. The Morgan fingerprint density at radius 1 is 1.43 bits per heavy atom. The van der Waals surface area contributed by atoms with Gasteiger partial charge in [0.15, 0.2) is 0 Å². The third kappa shape index (κ3) is 4.42. The molecule has 0 bridgehead atoms. The van der Waals surface area contributed by atoms with E-state index in [0.29, 0.717) is 11.5 Å². The molecule has 1 aromatic heterocycles. The Labute approximate surface area is 86.5 Å². The van der Waals surface area contributed by atoms with Crippen molar-refractivity contribution in [3.63, 3.8) is 0 Å². The van der Waals surface area contributed by atoms with Crippen LogP contribution in [0, 0.1) is 5.41 Å². The first-order valence-electron chi connectivity index (χ1n) is 5.16. The van der Waals surface area contributed by atoms with Gasteiger partial charge in [0.25, 0.3) is 0 Å². The van der Waals surface area contributed by atoms with Gasteiger partial charge in [-0.1, -0.05) is 20.8 Å². The van der Waals surface area contributed by atoms with Crippen molar-refractivity contribution in [3.8, 4) is 0 Å². The molecule has 0 radical (unpaired) electrons. The van der Waals surface area contributed by atoms with Gasteiger partial charge in [0, 0.05) is 31.5 Å². The molecule has 0 aliphatic rings. The minimum Gasteiger partial charge on any atom is -0.336 e. The summed E-state index contributed by atoms with van der Waals surface area (Å²) in [7, 11) is 0. The highest BCUT2D eigenvalue weighted by molar-refractivity contribution is 4.77. The molecule has 3 heteroatoms. The van der Waals surface area contributed by atoms with Gasteiger partial charge in [-0.3, -0.25) is 0 Å². The maximum absolute atomic E-state index is 4.02. The normalized spacial score (nSPS) is 14.3. The number of nitrogens with one attached hydrogen (secondary N) is 1. The van der Waals surface area contributed by atoms with Gasteiger partial charge < -0.3 is 9.88 Å². The minimum atomic E-state index is 0.350. The van der Waals surface area contributed by atoms with Crippen molar-refractivity contribution in [1.29, 1.82) is 0 Å². The van der Waals surface area contributed by atoms with Crippen molar-refractivity contribution in [3.05, 3.63) is 18.7 Å². The zero-order chi connectivity index (χ0) is 10.6. The van der Waals surface area contributed by atoms with Crippen LogP contribution in [0.3, 0.4) is 0 Å². The fourth-order valence-corrected chi connectivity index (χ4v) is 1.26. The molecule has 1 heterocycles. The monoisotopic (exact) mass is 195 g/mol. The van der Waals surface area contributed by atoms with Crippen LogP contribution in [0.1, 0.15) is 27.7 Å². The molecule has 3 nitrogen and oxygen atoms in total. The second-order valence-corrected chi connectivity index (χ2v) is 5.10. The molecule has 0 saturated heterocycles. The number of imidazole rings is 1. The first-order chi connectivity index (χ1) is 6.47. The predicted octanol–water partition coefficient (Wildman–Crippen LogP) is 1.91. The highest BCUT2D eigenvalue weighted by Gasteiger charge is 2.11. The van der Waals surface area contributed by atoms with Crippen LogP contribution < -0.4 is 5.32 Å². The van der Waals surface area contributed by atoms with E-state index in [-0.39, 0.29) is 0 Å². The van der Waals surface area contributed by atoms with E-state index in [2.05, 4.69) is 42.6 Å². The lowest BCUT2D eigenvalue weighted by Gasteiger charge is -2.22. The molecule has 0 spiro atoms. The van der Waals surface area contributed by atoms with Crippen LogP contribution in [-0.2, 0) is 6.54 Å². The maximum atomic E-state index is 4.02. The molecule has 0 aliphatic heterocycles. The summed E-state index contributed by atoms with van der Waals surface area (Å²) in [6, 6.07) is 0.489. The third-order valence-electron chi connectivity index (χ3n) is 2.02. The van der Waals surface area contributed by atoms with Crippen LogP contribution in [0.5, 0.6) is 0 Å². The molecule has 1 atom stereocenters. The lowest BCUT2D eigenvalue weighted by Crippen LogP contribution is -2.36. The second kappa shape index (κ2) is 4.60. The van der Waals surface area contributed by atoms with E-state index < -0.39 is 0 Å². The van der Waals surface area contributed by atoms with Gasteiger partial charge in [-0.2, -0.15) is 0 Å². The van der Waals surface area contributed by atoms with E-state index >= 15 is 0 Å². The molecule has 14 heavy (non-hydrogen) atoms. The number of hydrogen-bond donors (Lipinski definition) is 1. The summed E-state index contributed by atoms with van der Waals surface area (Å²) in [6.07, 6.45) is 5.67. The van der Waals surface area contributed by atoms with E-state index in [1.54, 1.807) is 0 Å². The van der Waals surface area contributed by atoms with Gasteiger partial charge in [0.1, 0.15) is 0 Å². The highest BCUT2D eigenvalue weighted by Crippen LogP contribution is 2.10. The number of rotatable bonds is 4. The lowest BCUT2D eigenvalue weighted by molar-refractivity contribution is 0.343. The molecular formula is C11H21N3. The average molecular weight is 195 g/mol. The number of nitrogens with zero attached hydrogens (tertiary/aromatic N) is 2. The van der Waals surface area contributed by atoms with Crippen LogP contribution in [-0.4, -0.2) is 22.1 Å². The highest BCUT2D eigenvalue weighted by atomic mass is 15.1. The molecule has 1 N–H and O–H groups in total. The van der Waals surface area contributed by atoms with Crippen molar-refractivity contribution in [2.24, 2.45) is 5.41 Å². The summed E-state index contributed by atoms with van der Waals surface area (Å²) in [5.41, 5.74) is 0.350. The molecule has 1 unspecified atom stereocenters. The van der Waals surface area contributed by atoms with Gasteiger partial charge in [-0.25, -0.2) is 4.98 Å². The Kier molecular flexibility index (Phi) is 3.69. The van der Waals surface area contributed by atoms with E-state index in [0.717, 1.165) is 13.1 Å². The quantitative estimate of drug-likeness (QED) is 0.795. The summed E-state index contributed by atoms with van der Waals surface area (Å²) >= 11 is 0. The van der Waals surface area contributed by atoms with Crippen molar-refractivity contribution < 1.29 is 0 Å². The summed E-state index contributed by atoms with van der Waals surface area (Å²) in [6.45, 7) is 10.9. The molecule has 0 amide bonds. The van der Waals surface area contributed by atoms with E-state index in [1.807, 2.05) is 18.7 Å². The standard InChI is InChI=1S/C11H21N3/c1-10(13-8-11(2,3)4)7-14-6-5-12-9-14/h5-6,9-10,13H,7-8H2,1-4H3. The Hall–Kier alpha value is -0.830. The Morgan fingerprint density at radius 3 is 2.64 bits per heavy atom. The smallest absolute Gasteiger partial charge is 0.0946 e. The molecule has 0 aromatic carbocycles. The fourth-order valence-electron chi connectivity index (χ4n) is 1.26. The van der Waals surface area contributed by atoms with E-state index in [9.17, 15) is 0 Å². The Morgan fingerprint density at radius 2 is 2.14 bits per heavy atom. The molecule has 1 rings (SSSR count). The molecule has 1 aromatic rings. The maximum Gasteiger partial charge on any atom is 0.0946 e. The summed E-state index contributed by atoms with van der Waals surface area (Å²) in [5, 5.41) is 3.51. The number of aromatic nitrogens is 2. The molecular weight excluding hydrogens is 174 g/mol. The van der Waals surface area contributed by atoms with Crippen molar-refractivity contribution >= 4 is 0 Å². The summed E-state index contributed by atoms with van der Waals surface area (Å²) in [4.78, 5) is 4.02. The molecule has 0 saturated carbocycles.